The van der Waals surface area contributed by atoms with Crippen LogP contribution in [0.5, 0.6) is 0 Å². The molecule has 0 saturated heterocycles. The average molecular weight is 356 g/mol. The molecule has 5 nitrogen and oxygen atoms in total. The number of anilines is 1. The van der Waals surface area contributed by atoms with E-state index in [2.05, 4.69) is 5.32 Å². The number of carbonyl (C=O) groups excluding carboxylic acids is 1. The molecule has 0 unspecified atom stereocenters. The molecule has 0 atom stereocenters. The van der Waals surface area contributed by atoms with Gasteiger partial charge in [-0.15, -0.1) is 0 Å². The summed E-state index contributed by atoms with van der Waals surface area (Å²) >= 11 is 0. The zero-order chi connectivity index (χ0) is 17.7. The van der Waals surface area contributed by atoms with Gasteiger partial charge in [-0.1, -0.05) is 6.92 Å². The van der Waals surface area contributed by atoms with E-state index in [4.69, 9.17) is 0 Å². The molecule has 0 heterocycles. The molecule has 0 aliphatic carbocycles. The highest BCUT2D eigenvalue weighted by Crippen LogP contribution is 2.35. The molecule has 0 bridgehead atoms. The molecule has 1 aromatic rings. The molecule has 1 amide bonds. The van der Waals surface area contributed by atoms with Crippen molar-refractivity contribution in [3.05, 3.63) is 29.6 Å². The van der Waals surface area contributed by atoms with Crippen LogP contribution in [0.25, 0.3) is 0 Å². The lowest BCUT2D eigenvalue weighted by Gasteiger charge is -2.14. The Balaban J connectivity index is 2.84. The van der Waals surface area contributed by atoms with Crippen molar-refractivity contribution in [1.82, 2.24) is 5.32 Å². The zero-order valence-corrected chi connectivity index (χ0v) is 13.0. The minimum absolute atomic E-state index is 0.200. The van der Waals surface area contributed by atoms with E-state index in [-0.39, 0.29) is 6.07 Å². The first-order valence-electron chi connectivity index (χ1n) is 6.69. The zero-order valence-electron chi connectivity index (χ0n) is 12.2. The summed E-state index contributed by atoms with van der Waals surface area (Å²) in [6.45, 7) is 2.19. The van der Waals surface area contributed by atoms with Crippen LogP contribution in [-0.2, 0) is 21.0 Å². The monoisotopic (exact) mass is 356 g/mol. The summed E-state index contributed by atoms with van der Waals surface area (Å²) in [5, 5.41) is 2.45. The van der Waals surface area contributed by atoms with Crippen LogP contribution in [0.2, 0.25) is 0 Å². The molecule has 0 aliphatic heterocycles. The number of hydrogen-bond donors (Lipinski definition) is 2. The predicted octanol–water partition coefficient (Wildman–Crippen LogP) is 2.50. The van der Waals surface area contributed by atoms with Crippen LogP contribution in [0, 0.1) is 5.82 Å². The first-order chi connectivity index (χ1) is 10.5. The van der Waals surface area contributed by atoms with Crippen LogP contribution in [0.4, 0.5) is 23.2 Å². The number of sulfonamides is 1. The van der Waals surface area contributed by atoms with Gasteiger partial charge in [0.15, 0.2) is 0 Å². The Labute approximate surface area is 131 Å². The van der Waals surface area contributed by atoms with E-state index >= 15 is 0 Å². The Morgan fingerprint density at radius 2 is 1.91 bits per heavy atom. The number of carbonyl (C=O) groups is 1. The second-order valence-corrected chi connectivity index (χ2v) is 6.55. The second-order valence-electron chi connectivity index (χ2n) is 4.71. The van der Waals surface area contributed by atoms with Crippen molar-refractivity contribution in [2.45, 2.75) is 25.9 Å². The van der Waals surface area contributed by atoms with E-state index in [0.29, 0.717) is 25.1 Å². The van der Waals surface area contributed by atoms with Crippen LogP contribution in [0.1, 0.15) is 25.3 Å². The van der Waals surface area contributed by atoms with E-state index in [9.17, 15) is 30.8 Å². The molecular formula is C13H16F4N2O3S. The lowest BCUT2D eigenvalue weighted by Crippen LogP contribution is -2.28. The molecule has 1 rings (SSSR count). The van der Waals surface area contributed by atoms with E-state index < -0.39 is 51.3 Å². The van der Waals surface area contributed by atoms with Gasteiger partial charge in [0.2, 0.25) is 15.9 Å². The van der Waals surface area contributed by atoms with Crippen molar-refractivity contribution in [2.24, 2.45) is 0 Å². The van der Waals surface area contributed by atoms with Gasteiger partial charge in [-0.05, 0) is 24.6 Å². The molecule has 2 N–H and O–H groups in total. The molecular weight excluding hydrogens is 340 g/mol. The minimum Gasteiger partial charge on any atom is -0.356 e. The fraction of sp³-hybridized carbons (Fsp3) is 0.462. The molecule has 23 heavy (non-hydrogen) atoms. The standard InChI is InChI=1S/C13H16F4N2O3S/c1-2-6-18-12(20)5-7-23(21,22)19-11-4-3-9(14)8-10(11)13(15,16)17/h3-4,8,19H,2,5-7H2,1H3,(H,18,20). The first kappa shape index (κ1) is 19.2. The van der Waals surface area contributed by atoms with E-state index in [1.807, 2.05) is 6.92 Å². The van der Waals surface area contributed by atoms with E-state index in [1.165, 1.54) is 0 Å². The van der Waals surface area contributed by atoms with Gasteiger partial charge >= 0.3 is 6.18 Å². The number of rotatable bonds is 7. The molecule has 0 spiro atoms. The van der Waals surface area contributed by atoms with Gasteiger partial charge in [0.05, 0.1) is 17.0 Å². The highest BCUT2D eigenvalue weighted by atomic mass is 32.2. The van der Waals surface area contributed by atoms with Crippen LogP contribution in [0.15, 0.2) is 18.2 Å². The van der Waals surface area contributed by atoms with Crippen LogP contribution < -0.4 is 10.0 Å². The van der Waals surface area contributed by atoms with Crippen LogP contribution in [0.3, 0.4) is 0 Å². The van der Waals surface area contributed by atoms with Gasteiger partial charge in [0.1, 0.15) is 5.82 Å². The van der Waals surface area contributed by atoms with Crippen molar-refractivity contribution in [3.8, 4) is 0 Å². The number of nitrogens with one attached hydrogen (secondary N) is 2. The van der Waals surface area contributed by atoms with Gasteiger partial charge < -0.3 is 5.32 Å². The van der Waals surface area contributed by atoms with E-state index in [1.54, 1.807) is 4.72 Å². The van der Waals surface area contributed by atoms with Crippen molar-refractivity contribution in [2.75, 3.05) is 17.0 Å². The van der Waals surface area contributed by atoms with Crippen molar-refractivity contribution in [1.29, 1.82) is 0 Å². The third kappa shape index (κ3) is 6.43. The Bertz CT molecular complexity index is 660. The largest absolute Gasteiger partial charge is 0.418 e. The number of benzene rings is 1. The molecule has 130 valence electrons. The summed E-state index contributed by atoms with van der Waals surface area (Å²) in [5.41, 5.74) is -2.22. The lowest BCUT2D eigenvalue weighted by molar-refractivity contribution is -0.137. The lowest BCUT2D eigenvalue weighted by atomic mass is 10.2. The molecule has 0 fully saturated rings. The molecule has 0 aromatic heterocycles. The van der Waals surface area contributed by atoms with Crippen LogP contribution >= 0.6 is 0 Å². The Kier molecular flexibility index (Phi) is 6.37. The van der Waals surface area contributed by atoms with Crippen LogP contribution in [-0.4, -0.2) is 26.6 Å². The van der Waals surface area contributed by atoms with Crippen molar-refractivity contribution >= 4 is 21.6 Å². The Morgan fingerprint density at radius 1 is 1.26 bits per heavy atom. The highest BCUT2D eigenvalue weighted by molar-refractivity contribution is 7.92. The van der Waals surface area contributed by atoms with Crippen molar-refractivity contribution in [3.63, 3.8) is 0 Å². The quantitative estimate of drug-likeness (QED) is 0.737. The minimum atomic E-state index is -4.92. The topological polar surface area (TPSA) is 75.3 Å². The third-order valence-corrected chi connectivity index (χ3v) is 3.99. The van der Waals surface area contributed by atoms with Gasteiger partial charge in [-0.2, -0.15) is 13.2 Å². The number of hydrogen-bond acceptors (Lipinski definition) is 3. The Hall–Kier alpha value is -1.84. The van der Waals surface area contributed by atoms with Gasteiger partial charge in [0.25, 0.3) is 0 Å². The summed E-state index contributed by atoms with van der Waals surface area (Å²) < 4.78 is 76.6. The maximum atomic E-state index is 13.0. The van der Waals surface area contributed by atoms with Gasteiger partial charge in [0, 0.05) is 13.0 Å². The Morgan fingerprint density at radius 3 is 2.48 bits per heavy atom. The summed E-state index contributed by atoms with van der Waals surface area (Å²) in [6, 6.07) is 1.60. The SMILES string of the molecule is CCCNC(=O)CCS(=O)(=O)Nc1ccc(F)cc1C(F)(F)F. The highest BCUT2D eigenvalue weighted by Gasteiger charge is 2.35. The fourth-order valence-electron chi connectivity index (χ4n) is 1.64. The summed E-state index contributed by atoms with van der Waals surface area (Å²) in [4.78, 5) is 11.3. The smallest absolute Gasteiger partial charge is 0.356 e. The first-order valence-corrected chi connectivity index (χ1v) is 8.34. The second kappa shape index (κ2) is 7.62. The number of alkyl halides is 3. The molecule has 0 aliphatic rings. The summed E-state index contributed by atoms with van der Waals surface area (Å²) in [7, 11) is -4.18. The molecule has 0 saturated carbocycles. The van der Waals surface area contributed by atoms with E-state index in [0.717, 1.165) is 0 Å². The fourth-order valence-corrected chi connectivity index (χ4v) is 2.71. The summed E-state index contributed by atoms with van der Waals surface area (Å²) in [5.74, 6) is -2.34. The predicted molar refractivity (Wildman–Crippen MR) is 76.7 cm³/mol. The average Bonchev–Trinajstić information content (AvgIpc) is 2.43. The normalized spacial score (nSPS) is 12.0. The molecule has 10 heteroatoms. The number of halogens is 4. The van der Waals surface area contributed by atoms with Gasteiger partial charge in [-0.25, -0.2) is 12.8 Å². The maximum Gasteiger partial charge on any atom is 0.418 e. The number of amides is 1. The third-order valence-electron chi connectivity index (χ3n) is 2.72. The van der Waals surface area contributed by atoms with Gasteiger partial charge in [-0.3, -0.25) is 9.52 Å². The maximum absolute atomic E-state index is 13.0. The summed E-state index contributed by atoms with van der Waals surface area (Å²) in [6.07, 6.45) is -4.64. The van der Waals surface area contributed by atoms with Crippen molar-refractivity contribution < 1.29 is 30.8 Å². The molecule has 1 aromatic carbocycles. The molecule has 0 radical (unpaired) electrons.